The summed E-state index contributed by atoms with van der Waals surface area (Å²) in [6.07, 6.45) is 0.641. The predicted molar refractivity (Wildman–Crippen MR) is 141 cm³/mol. The quantitative estimate of drug-likeness (QED) is 0.395. The molecule has 1 amide bonds. The number of anilines is 1. The van der Waals surface area contributed by atoms with E-state index in [-0.39, 0.29) is 17.5 Å². The van der Waals surface area contributed by atoms with E-state index in [2.05, 4.69) is 5.32 Å². The van der Waals surface area contributed by atoms with Crippen LogP contribution in [0.4, 0.5) is 5.69 Å². The van der Waals surface area contributed by atoms with Crippen LogP contribution < -0.4 is 14.4 Å². The topological polar surface area (TPSA) is 75.7 Å². The molecule has 0 heterocycles. The summed E-state index contributed by atoms with van der Waals surface area (Å²) in [5.74, 6) is 0.360. The summed E-state index contributed by atoms with van der Waals surface area (Å²) < 4.78 is 33.8. The first-order valence-electron chi connectivity index (χ1n) is 11.4. The number of methoxy groups -OCH3 is 1. The highest BCUT2D eigenvalue weighted by Gasteiger charge is 2.29. The van der Waals surface area contributed by atoms with Crippen molar-refractivity contribution in [2.45, 2.75) is 45.1 Å². The van der Waals surface area contributed by atoms with Crippen LogP contribution in [0.2, 0.25) is 5.02 Å². The number of nitrogens with one attached hydrogen (secondary N) is 1. The molecular formula is C27H31ClN2O4S. The van der Waals surface area contributed by atoms with Crippen LogP contribution in [-0.4, -0.2) is 28.0 Å². The third kappa shape index (κ3) is 6.16. The molecule has 0 radical (unpaired) electrons. The van der Waals surface area contributed by atoms with Crippen molar-refractivity contribution in [1.82, 2.24) is 5.32 Å². The summed E-state index contributed by atoms with van der Waals surface area (Å²) in [6, 6.07) is 17.0. The molecule has 3 aromatic carbocycles. The zero-order chi connectivity index (χ0) is 25.8. The van der Waals surface area contributed by atoms with E-state index in [1.54, 1.807) is 56.5 Å². The van der Waals surface area contributed by atoms with Gasteiger partial charge in [0.15, 0.2) is 0 Å². The smallest absolute Gasteiger partial charge is 0.264 e. The van der Waals surface area contributed by atoms with Crippen LogP contribution in [0.1, 0.15) is 41.6 Å². The molecule has 0 aliphatic carbocycles. The normalized spacial score (nSPS) is 12.2. The van der Waals surface area contributed by atoms with Crippen LogP contribution in [0.5, 0.6) is 5.75 Å². The molecule has 0 spiro atoms. The monoisotopic (exact) mass is 514 g/mol. The summed E-state index contributed by atoms with van der Waals surface area (Å²) >= 11 is 6.11. The number of hydrogen-bond donors (Lipinski definition) is 1. The maximum atomic E-state index is 13.7. The lowest BCUT2D eigenvalue weighted by atomic mass is 10.0. The molecular weight excluding hydrogens is 484 g/mol. The van der Waals surface area contributed by atoms with E-state index in [0.29, 0.717) is 22.7 Å². The van der Waals surface area contributed by atoms with Gasteiger partial charge in [-0.2, -0.15) is 0 Å². The molecule has 3 aromatic rings. The third-order valence-electron chi connectivity index (χ3n) is 5.89. The Kier molecular flexibility index (Phi) is 8.46. The van der Waals surface area contributed by atoms with Crippen LogP contribution in [0, 0.1) is 20.8 Å². The van der Waals surface area contributed by atoms with Gasteiger partial charge in [-0.15, -0.1) is 0 Å². The fourth-order valence-corrected chi connectivity index (χ4v) is 5.66. The standard InChI is InChI=1S/C27H31ClN2O4S/c1-6-24(21-9-14-26(34-5)20(4)15-21)29-27(31)17-30(25-13-10-22(28)16-19(25)3)35(32,33)23-11-7-18(2)8-12-23/h7-16,24H,6,17H2,1-5H3,(H,29,31). The minimum Gasteiger partial charge on any atom is -0.496 e. The fourth-order valence-electron chi connectivity index (χ4n) is 3.95. The molecule has 0 bridgehead atoms. The van der Waals surface area contributed by atoms with E-state index in [4.69, 9.17) is 16.3 Å². The van der Waals surface area contributed by atoms with Gasteiger partial charge < -0.3 is 10.1 Å². The maximum Gasteiger partial charge on any atom is 0.264 e. The molecule has 3 rings (SSSR count). The Balaban J connectivity index is 1.94. The van der Waals surface area contributed by atoms with E-state index in [9.17, 15) is 13.2 Å². The minimum atomic E-state index is -4.01. The van der Waals surface area contributed by atoms with Gasteiger partial charge in [0, 0.05) is 5.02 Å². The first-order chi connectivity index (χ1) is 16.6. The van der Waals surface area contributed by atoms with Gasteiger partial charge in [-0.1, -0.05) is 48.4 Å². The van der Waals surface area contributed by atoms with Crippen molar-refractivity contribution < 1.29 is 17.9 Å². The van der Waals surface area contributed by atoms with Gasteiger partial charge in [-0.3, -0.25) is 9.10 Å². The Morgan fingerprint density at radius 1 is 1.00 bits per heavy atom. The average molecular weight is 515 g/mol. The number of carbonyl (C=O) groups excluding carboxylic acids is 1. The highest BCUT2D eigenvalue weighted by atomic mass is 35.5. The molecule has 0 aromatic heterocycles. The number of ether oxygens (including phenoxy) is 1. The molecule has 0 fully saturated rings. The van der Waals surface area contributed by atoms with E-state index in [1.165, 1.54) is 0 Å². The fraction of sp³-hybridized carbons (Fsp3) is 0.296. The maximum absolute atomic E-state index is 13.7. The van der Waals surface area contributed by atoms with Crippen molar-refractivity contribution in [3.63, 3.8) is 0 Å². The second-order valence-electron chi connectivity index (χ2n) is 8.51. The van der Waals surface area contributed by atoms with Crippen LogP contribution in [0.15, 0.2) is 65.6 Å². The molecule has 0 aliphatic heterocycles. The van der Waals surface area contributed by atoms with Crippen molar-refractivity contribution in [2.75, 3.05) is 18.0 Å². The zero-order valence-electron chi connectivity index (χ0n) is 20.6. The molecule has 1 unspecified atom stereocenters. The molecule has 0 saturated carbocycles. The lowest BCUT2D eigenvalue weighted by Gasteiger charge is -2.27. The predicted octanol–water partition coefficient (Wildman–Crippen LogP) is 5.74. The van der Waals surface area contributed by atoms with Gasteiger partial charge in [-0.05, 0) is 80.3 Å². The van der Waals surface area contributed by atoms with Crippen molar-refractivity contribution in [2.24, 2.45) is 0 Å². The van der Waals surface area contributed by atoms with E-state index in [0.717, 1.165) is 26.7 Å². The first-order valence-corrected chi connectivity index (χ1v) is 13.2. The summed E-state index contributed by atoms with van der Waals surface area (Å²) in [7, 11) is -2.40. The van der Waals surface area contributed by atoms with Crippen molar-refractivity contribution in [3.05, 3.63) is 87.9 Å². The first kappa shape index (κ1) is 26.6. The second kappa shape index (κ2) is 11.1. The molecule has 1 atom stereocenters. The number of carbonyl (C=O) groups is 1. The largest absolute Gasteiger partial charge is 0.496 e. The van der Waals surface area contributed by atoms with Gasteiger partial charge in [0.25, 0.3) is 10.0 Å². The van der Waals surface area contributed by atoms with Gasteiger partial charge in [0.05, 0.1) is 23.7 Å². The number of halogens is 1. The number of sulfonamides is 1. The zero-order valence-corrected chi connectivity index (χ0v) is 22.2. The van der Waals surface area contributed by atoms with Crippen LogP contribution >= 0.6 is 11.6 Å². The Morgan fingerprint density at radius 2 is 1.69 bits per heavy atom. The summed E-state index contributed by atoms with van der Waals surface area (Å²) in [4.78, 5) is 13.3. The van der Waals surface area contributed by atoms with Gasteiger partial charge in [0.1, 0.15) is 12.3 Å². The molecule has 0 saturated heterocycles. The molecule has 8 heteroatoms. The van der Waals surface area contributed by atoms with Gasteiger partial charge in [-0.25, -0.2) is 8.42 Å². The number of hydrogen-bond acceptors (Lipinski definition) is 4. The summed E-state index contributed by atoms with van der Waals surface area (Å²) in [5, 5.41) is 3.49. The number of nitrogens with zero attached hydrogens (tertiary/aromatic N) is 1. The Bertz CT molecular complexity index is 1310. The van der Waals surface area contributed by atoms with Crippen molar-refractivity contribution in [3.8, 4) is 5.75 Å². The minimum absolute atomic E-state index is 0.114. The van der Waals surface area contributed by atoms with E-state index in [1.807, 2.05) is 39.0 Å². The highest BCUT2D eigenvalue weighted by Crippen LogP contribution is 2.29. The average Bonchev–Trinajstić information content (AvgIpc) is 2.81. The van der Waals surface area contributed by atoms with Crippen LogP contribution in [-0.2, 0) is 14.8 Å². The Labute approximate surface area is 212 Å². The number of rotatable bonds is 9. The lowest BCUT2D eigenvalue weighted by Crippen LogP contribution is -2.42. The third-order valence-corrected chi connectivity index (χ3v) is 7.90. The van der Waals surface area contributed by atoms with E-state index < -0.39 is 15.9 Å². The van der Waals surface area contributed by atoms with Crippen molar-refractivity contribution >= 4 is 33.2 Å². The molecule has 6 nitrogen and oxygen atoms in total. The second-order valence-corrected chi connectivity index (χ2v) is 10.8. The number of benzene rings is 3. The van der Waals surface area contributed by atoms with Crippen LogP contribution in [0.3, 0.4) is 0 Å². The van der Waals surface area contributed by atoms with Crippen LogP contribution in [0.25, 0.3) is 0 Å². The molecule has 186 valence electrons. The number of aryl methyl sites for hydroxylation is 3. The molecule has 1 N–H and O–H groups in total. The van der Waals surface area contributed by atoms with Gasteiger partial charge >= 0.3 is 0 Å². The molecule has 0 aliphatic rings. The SMILES string of the molecule is CCC(NC(=O)CN(c1ccc(Cl)cc1C)S(=O)(=O)c1ccc(C)cc1)c1ccc(OC)c(C)c1. The summed E-state index contributed by atoms with van der Waals surface area (Å²) in [5.41, 5.74) is 3.88. The highest BCUT2D eigenvalue weighted by molar-refractivity contribution is 7.92. The number of amides is 1. The summed E-state index contributed by atoms with van der Waals surface area (Å²) in [6.45, 7) is 7.19. The van der Waals surface area contributed by atoms with Gasteiger partial charge in [0.2, 0.25) is 5.91 Å². The van der Waals surface area contributed by atoms with Crippen molar-refractivity contribution in [1.29, 1.82) is 0 Å². The Hall–Kier alpha value is -3.03. The Morgan fingerprint density at radius 3 is 2.26 bits per heavy atom. The lowest BCUT2D eigenvalue weighted by molar-refractivity contribution is -0.120. The molecule has 35 heavy (non-hydrogen) atoms. The van der Waals surface area contributed by atoms with E-state index >= 15 is 0 Å².